The summed E-state index contributed by atoms with van der Waals surface area (Å²) >= 11 is 0. The zero-order chi connectivity index (χ0) is 49.4. The summed E-state index contributed by atoms with van der Waals surface area (Å²) in [6.45, 7) is 13.4. The first-order valence-corrected chi connectivity index (χ1v) is 27.0. The van der Waals surface area contributed by atoms with E-state index in [1.807, 2.05) is 0 Å². The molecule has 364 valence electrons. The van der Waals surface area contributed by atoms with Crippen LogP contribution in [-0.2, 0) is 5.41 Å². The van der Waals surface area contributed by atoms with E-state index in [9.17, 15) is 0 Å². The molecule has 0 fully saturated rings. The Hall–Kier alpha value is -6.64. The molecular formula is C69H78N2. The summed E-state index contributed by atoms with van der Waals surface area (Å²) in [6, 6.07) is 70.6. The fourth-order valence-corrected chi connectivity index (χ4v) is 10.8. The van der Waals surface area contributed by atoms with Gasteiger partial charge in [-0.2, -0.15) is 0 Å². The van der Waals surface area contributed by atoms with Gasteiger partial charge in [0, 0.05) is 39.5 Å². The molecule has 9 rings (SSSR count). The van der Waals surface area contributed by atoms with E-state index < -0.39 is 0 Å². The summed E-state index contributed by atoms with van der Waals surface area (Å²) in [5.41, 5.74) is 21.1. The number of para-hydroxylation sites is 2. The summed E-state index contributed by atoms with van der Waals surface area (Å²) in [4.78, 5) is 4.59. The Morgan fingerprint density at radius 2 is 0.592 bits per heavy atom. The Morgan fingerprint density at radius 3 is 0.944 bits per heavy atom. The van der Waals surface area contributed by atoms with Gasteiger partial charge in [0.2, 0.25) is 0 Å². The number of unbranched alkanes of at least 4 members (excludes halogenated alkanes) is 10. The lowest BCUT2D eigenvalue weighted by atomic mass is 9.70. The second kappa shape index (κ2) is 25.0. The third kappa shape index (κ3) is 12.6. The molecular weight excluding hydrogens is 857 g/mol. The van der Waals surface area contributed by atoms with Crippen LogP contribution in [0.5, 0.6) is 0 Å². The van der Waals surface area contributed by atoms with Crippen molar-refractivity contribution in [1.82, 2.24) is 0 Å². The normalized spacial score (nSPS) is 12.1. The molecule has 71 heavy (non-hydrogen) atoms. The molecule has 8 aromatic rings. The lowest BCUT2D eigenvalue weighted by Gasteiger charge is -2.33. The topological polar surface area (TPSA) is 6.48 Å². The Labute approximate surface area is 428 Å². The lowest BCUT2D eigenvalue weighted by Crippen LogP contribution is -2.25. The van der Waals surface area contributed by atoms with E-state index in [1.54, 1.807) is 11.1 Å². The van der Waals surface area contributed by atoms with Gasteiger partial charge in [-0.3, -0.25) is 0 Å². The van der Waals surface area contributed by atoms with Crippen LogP contribution in [0.3, 0.4) is 0 Å². The summed E-state index contributed by atoms with van der Waals surface area (Å²) in [5.74, 6) is 0. The van der Waals surface area contributed by atoms with Crippen molar-refractivity contribution < 1.29 is 0 Å². The van der Waals surface area contributed by atoms with Crippen molar-refractivity contribution in [3.8, 4) is 22.3 Å². The predicted octanol–water partition coefficient (Wildman–Crippen LogP) is 21.0. The molecule has 0 saturated carbocycles. The molecule has 0 unspecified atom stereocenters. The van der Waals surface area contributed by atoms with Crippen molar-refractivity contribution in [3.63, 3.8) is 0 Å². The van der Waals surface area contributed by atoms with Gasteiger partial charge in [0.1, 0.15) is 0 Å². The molecule has 0 atom stereocenters. The number of hydrogen-bond acceptors (Lipinski definition) is 2. The molecule has 0 radical (unpaired) electrons. The van der Waals surface area contributed by atoms with Gasteiger partial charge in [0.15, 0.2) is 0 Å². The van der Waals surface area contributed by atoms with E-state index in [1.165, 1.54) is 134 Å². The van der Waals surface area contributed by atoms with Gasteiger partial charge in [-0.25, -0.2) is 0 Å². The molecule has 0 aliphatic heterocycles. The van der Waals surface area contributed by atoms with Crippen LogP contribution in [-0.4, -0.2) is 0 Å². The van der Waals surface area contributed by atoms with Crippen molar-refractivity contribution in [2.75, 3.05) is 9.80 Å². The van der Waals surface area contributed by atoms with Crippen LogP contribution in [0.1, 0.15) is 137 Å². The molecule has 2 nitrogen and oxygen atoms in total. The van der Waals surface area contributed by atoms with Gasteiger partial charge < -0.3 is 9.80 Å². The quantitative estimate of drug-likeness (QED) is 0.0663. The highest BCUT2D eigenvalue weighted by Crippen LogP contribution is 2.54. The Kier molecular flexibility index (Phi) is 17.8. The Bertz CT molecular complexity index is 2640. The molecule has 0 N–H and O–H groups in total. The average Bonchev–Trinajstić information content (AvgIpc) is 3.65. The highest BCUT2D eigenvalue weighted by Gasteiger charge is 2.42. The van der Waals surface area contributed by atoms with E-state index in [4.69, 9.17) is 0 Å². The second-order valence-electron chi connectivity index (χ2n) is 20.3. The summed E-state index contributed by atoms with van der Waals surface area (Å²) in [5, 5.41) is 0. The van der Waals surface area contributed by atoms with Gasteiger partial charge in [-0.1, -0.05) is 234 Å². The van der Waals surface area contributed by atoms with Crippen LogP contribution in [0, 0.1) is 27.7 Å². The minimum Gasteiger partial charge on any atom is -0.311 e. The minimum atomic E-state index is 0.234. The molecule has 0 aromatic heterocycles. The van der Waals surface area contributed by atoms with Crippen LogP contribution < -0.4 is 9.80 Å². The largest absolute Gasteiger partial charge is 0.311 e. The average molecular weight is 935 g/mol. The zero-order valence-corrected chi connectivity index (χ0v) is 43.8. The van der Waals surface area contributed by atoms with Crippen molar-refractivity contribution in [2.45, 2.75) is 137 Å². The molecule has 8 aromatic carbocycles. The van der Waals surface area contributed by atoms with E-state index >= 15 is 0 Å². The van der Waals surface area contributed by atoms with Gasteiger partial charge >= 0.3 is 0 Å². The van der Waals surface area contributed by atoms with Crippen molar-refractivity contribution in [1.29, 1.82) is 0 Å². The fourth-order valence-electron chi connectivity index (χ4n) is 10.8. The predicted molar refractivity (Wildman–Crippen MR) is 309 cm³/mol. The van der Waals surface area contributed by atoms with Crippen molar-refractivity contribution >= 4 is 34.1 Å². The maximum atomic E-state index is 2.53. The van der Waals surface area contributed by atoms with Gasteiger partial charge in [-0.05, 0) is 147 Å². The van der Waals surface area contributed by atoms with E-state index in [0.29, 0.717) is 0 Å². The number of hydrogen-bond donors (Lipinski definition) is 0. The summed E-state index contributed by atoms with van der Waals surface area (Å²) in [7, 11) is 0. The molecule has 1 aliphatic rings. The highest BCUT2D eigenvalue weighted by atomic mass is 15.1. The summed E-state index contributed by atoms with van der Waals surface area (Å²) in [6.07, 6.45) is 19.2. The number of rotatable bonds is 21. The SMILES string of the molecule is CCCCCCCCC1(CCCCCCCC)c2cc(C)ccc2-c2ccc(C)cc21.Cc1ccc(N(c2ccccc2)c2ccc(-c3ccc(N(c4ccccc4)c4ccc(C)cc4)cc3)cc2)cc1. The number of aryl methyl sites for hydroxylation is 4. The van der Waals surface area contributed by atoms with Crippen LogP contribution >= 0.6 is 0 Å². The maximum Gasteiger partial charge on any atom is 0.0462 e. The highest BCUT2D eigenvalue weighted by molar-refractivity contribution is 5.83. The van der Waals surface area contributed by atoms with E-state index in [0.717, 1.165) is 34.1 Å². The smallest absolute Gasteiger partial charge is 0.0462 e. The van der Waals surface area contributed by atoms with Gasteiger partial charge in [0.05, 0.1) is 0 Å². The number of benzene rings is 8. The molecule has 2 heteroatoms. The standard InChI is InChI=1S/C38H32N2.C31H46/c1-29-13-21-35(22-14-29)39(33-9-5-3-6-10-33)37-25-17-31(18-26-37)32-19-27-38(28-20-32)40(34-11-7-4-8-12-34)36-23-15-30(2)16-24-36;1-5-7-9-11-13-15-21-31(22-16-14-12-10-8-6-2)29-23-25(3)17-19-27(29)28-20-18-26(4)24-30(28)31/h3-28H,1-2H3;17-20,23-24H,5-16,21-22H2,1-4H3. The molecule has 0 bridgehead atoms. The van der Waals surface area contributed by atoms with E-state index in [-0.39, 0.29) is 5.41 Å². The fraction of sp³-hybridized carbons (Fsp3) is 0.304. The molecule has 0 spiro atoms. The maximum absolute atomic E-state index is 2.53. The van der Waals surface area contributed by atoms with Gasteiger partial charge in [-0.15, -0.1) is 0 Å². The van der Waals surface area contributed by atoms with Crippen LogP contribution in [0.2, 0.25) is 0 Å². The number of nitrogens with zero attached hydrogens (tertiary/aromatic N) is 2. The van der Waals surface area contributed by atoms with Crippen molar-refractivity contribution in [3.05, 3.63) is 228 Å². The van der Waals surface area contributed by atoms with Crippen LogP contribution in [0.25, 0.3) is 22.3 Å². The van der Waals surface area contributed by atoms with Crippen molar-refractivity contribution in [2.24, 2.45) is 0 Å². The molecule has 0 saturated heterocycles. The third-order valence-electron chi connectivity index (χ3n) is 14.8. The van der Waals surface area contributed by atoms with Crippen LogP contribution in [0.15, 0.2) is 194 Å². The first kappa shape index (κ1) is 50.7. The third-order valence-corrected chi connectivity index (χ3v) is 14.8. The first-order chi connectivity index (χ1) is 34.8. The van der Waals surface area contributed by atoms with E-state index in [2.05, 4.69) is 245 Å². The summed E-state index contributed by atoms with van der Waals surface area (Å²) < 4.78 is 0. The Morgan fingerprint density at radius 1 is 0.296 bits per heavy atom. The molecule has 1 aliphatic carbocycles. The number of anilines is 6. The second-order valence-corrected chi connectivity index (χ2v) is 20.3. The minimum absolute atomic E-state index is 0.234. The first-order valence-electron chi connectivity index (χ1n) is 27.0. The molecule has 0 heterocycles. The Balaban J connectivity index is 0.000000197. The number of fused-ring (bicyclic) bond motifs is 3. The lowest BCUT2D eigenvalue weighted by molar-refractivity contribution is 0.397. The van der Waals surface area contributed by atoms with Crippen LogP contribution in [0.4, 0.5) is 34.1 Å². The molecule has 0 amide bonds. The van der Waals surface area contributed by atoms with Gasteiger partial charge in [0.25, 0.3) is 0 Å². The monoisotopic (exact) mass is 935 g/mol. The zero-order valence-electron chi connectivity index (χ0n) is 43.8.